The average Bonchev–Trinajstić information content (AvgIpc) is 2.97. The lowest BCUT2D eigenvalue weighted by atomic mass is 10.00. The third-order valence-corrected chi connectivity index (χ3v) is 5.59. The molecule has 2 N–H and O–H groups in total. The second kappa shape index (κ2) is 7.62. The maximum absolute atomic E-state index is 12.5. The molecule has 0 aliphatic heterocycles. The lowest BCUT2D eigenvalue weighted by molar-refractivity contribution is 0.0962. The van der Waals surface area contributed by atoms with Crippen LogP contribution in [0, 0.1) is 0 Å². The molecule has 1 aromatic carbocycles. The molecule has 0 saturated carbocycles. The molecular weight excluding hydrogens is 320 g/mol. The van der Waals surface area contributed by atoms with Crippen molar-refractivity contribution >= 4 is 28.8 Å². The Balaban J connectivity index is 1.70. The van der Waals surface area contributed by atoms with Gasteiger partial charge in [-0.3, -0.25) is 9.59 Å². The van der Waals surface area contributed by atoms with Gasteiger partial charge in [-0.1, -0.05) is 12.8 Å². The van der Waals surface area contributed by atoms with E-state index in [9.17, 15) is 9.59 Å². The van der Waals surface area contributed by atoms with Crippen LogP contribution in [0.2, 0.25) is 0 Å². The van der Waals surface area contributed by atoms with E-state index in [-0.39, 0.29) is 11.8 Å². The molecule has 0 fully saturated rings. The molecule has 1 aromatic heterocycles. The monoisotopic (exact) mass is 342 g/mol. The van der Waals surface area contributed by atoms with Gasteiger partial charge in [-0.15, -0.1) is 11.3 Å². The van der Waals surface area contributed by atoms with Crippen molar-refractivity contribution in [3.63, 3.8) is 0 Å². The number of hydrogen-bond acceptors (Lipinski definition) is 3. The third-order valence-electron chi connectivity index (χ3n) is 4.35. The summed E-state index contributed by atoms with van der Waals surface area (Å²) in [5.41, 5.74) is 2.63. The summed E-state index contributed by atoms with van der Waals surface area (Å²) in [4.78, 5) is 26.2. The Labute approximate surface area is 146 Å². The molecule has 1 aliphatic carbocycles. The first-order chi connectivity index (χ1) is 11.7. The second-order valence-electron chi connectivity index (χ2n) is 6.08. The normalized spacial score (nSPS) is 14.2. The van der Waals surface area contributed by atoms with E-state index in [0.29, 0.717) is 11.3 Å². The highest BCUT2D eigenvalue weighted by Gasteiger charge is 2.16. The van der Waals surface area contributed by atoms with E-state index in [2.05, 4.69) is 16.7 Å². The van der Waals surface area contributed by atoms with E-state index < -0.39 is 0 Å². The molecule has 3 rings (SSSR count). The molecule has 2 amide bonds. The summed E-state index contributed by atoms with van der Waals surface area (Å²) in [6.07, 6.45) is 7.18. The van der Waals surface area contributed by atoms with Crippen molar-refractivity contribution in [2.24, 2.45) is 0 Å². The molecule has 1 heterocycles. The van der Waals surface area contributed by atoms with Gasteiger partial charge in [0.1, 0.15) is 0 Å². The van der Waals surface area contributed by atoms with Gasteiger partial charge in [0.2, 0.25) is 0 Å². The first-order valence-corrected chi connectivity index (χ1v) is 9.24. The minimum absolute atomic E-state index is 0.0700. The number of amides is 2. The number of thiophene rings is 1. The molecule has 0 atom stereocenters. The van der Waals surface area contributed by atoms with Crippen molar-refractivity contribution in [2.45, 2.75) is 38.5 Å². The maximum atomic E-state index is 12.5. The summed E-state index contributed by atoms with van der Waals surface area (Å²) in [6, 6.07) is 8.99. The van der Waals surface area contributed by atoms with E-state index in [0.717, 1.165) is 17.7 Å². The fourth-order valence-corrected chi connectivity index (χ4v) is 4.15. The minimum Gasteiger partial charge on any atom is -0.355 e. The number of carbonyl (C=O) groups is 2. The number of rotatable bonds is 3. The Morgan fingerprint density at radius 3 is 2.38 bits per heavy atom. The first-order valence-electron chi connectivity index (χ1n) is 8.42. The molecule has 0 spiro atoms. The number of benzene rings is 1. The third kappa shape index (κ3) is 3.85. The second-order valence-corrected chi connectivity index (χ2v) is 7.22. The molecule has 126 valence electrons. The van der Waals surface area contributed by atoms with Crippen LogP contribution in [0.5, 0.6) is 0 Å². The lowest BCUT2D eigenvalue weighted by Crippen LogP contribution is -2.17. The van der Waals surface area contributed by atoms with Crippen LogP contribution < -0.4 is 10.6 Å². The minimum atomic E-state index is -0.133. The van der Waals surface area contributed by atoms with Gasteiger partial charge in [0.05, 0.1) is 4.88 Å². The van der Waals surface area contributed by atoms with Crippen molar-refractivity contribution in [3.05, 3.63) is 51.2 Å². The summed E-state index contributed by atoms with van der Waals surface area (Å²) in [5, 5.41) is 5.50. The van der Waals surface area contributed by atoms with E-state index in [4.69, 9.17) is 0 Å². The Hall–Kier alpha value is -2.14. The van der Waals surface area contributed by atoms with E-state index in [1.54, 1.807) is 42.6 Å². The van der Waals surface area contributed by atoms with Gasteiger partial charge in [-0.2, -0.15) is 0 Å². The molecule has 4 nitrogen and oxygen atoms in total. The van der Waals surface area contributed by atoms with Gasteiger partial charge < -0.3 is 10.6 Å². The fourth-order valence-electron chi connectivity index (χ4n) is 3.00. The predicted molar refractivity (Wildman–Crippen MR) is 98.0 cm³/mol. The molecular formula is C19H22N2O2S. The zero-order valence-electron chi connectivity index (χ0n) is 13.9. The first kappa shape index (κ1) is 16.7. The molecule has 0 unspecified atom stereocenters. The highest BCUT2D eigenvalue weighted by molar-refractivity contribution is 7.14. The van der Waals surface area contributed by atoms with Gasteiger partial charge in [-0.25, -0.2) is 0 Å². The largest absolute Gasteiger partial charge is 0.355 e. The average molecular weight is 342 g/mol. The number of fused-ring (bicyclic) bond motifs is 1. The van der Waals surface area contributed by atoms with Crippen molar-refractivity contribution in [2.75, 3.05) is 12.4 Å². The Kier molecular flexibility index (Phi) is 5.30. The highest BCUT2D eigenvalue weighted by atomic mass is 32.1. The summed E-state index contributed by atoms with van der Waals surface area (Å²) in [7, 11) is 1.60. The van der Waals surface area contributed by atoms with Crippen LogP contribution in [0.15, 0.2) is 30.3 Å². The van der Waals surface area contributed by atoms with Crippen LogP contribution in [-0.4, -0.2) is 18.9 Å². The quantitative estimate of drug-likeness (QED) is 0.885. The smallest absolute Gasteiger partial charge is 0.265 e. The molecule has 24 heavy (non-hydrogen) atoms. The Morgan fingerprint density at radius 2 is 1.67 bits per heavy atom. The SMILES string of the molecule is CNC(=O)c1ccc(NC(=O)c2cc3c(s2)CCCCCC3)cc1. The van der Waals surface area contributed by atoms with Crippen molar-refractivity contribution in [3.8, 4) is 0 Å². The molecule has 0 radical (unpaired) electrons. The molecule has 1 aliphatic rings. The lowest BCUT2D eigenvalue weighted by Gasteiger charge is -2.07. The van der Waals surface area contributed by atoms with Crippen LogP contribution in [-0.2, 0) is 12.8 Å². The van der Waals surface area contributed by atoms with Crippen molar-refractivity contribution in [1.29, 1.82) is 0 Å². The topological polar surface area (TPSA) is 58.2 Å². The summed E-state index contributed by atoms with van der Waals surface area (Å²) < 4.78 is 0. The zero-order chi connectivity index (χ0) is 16.9. The number of aryl methyl sites for hydroxylation is 2. The Morgan fingerprint density at radius 1 is 0.958 bits per heavy atom. The van der Waals surface area contributed by atoms with Gasteiger partial charge in [0, 0.05) is 23.2 Å². The molecule has 0 bridgehead atoms. The Bertz CT molecular complexity index is 709. The standard InChI is InChI=1S/C19H22N2O2S/c1-20-18(22)13-8-10-15(11-9-13)21-19(23)17-12-14-6-4-2-3-5-7-16(14)24-17/h8-12H,2-7H2,1H3,(H,20,22)(H,21,23). The number of anilines is 1. The van der Waals surface area contributed by atoms with Crippen molar-refractivity contribution < 1.29 is 9.59 Å². The van der Waals surface area contributed by atoms with Gasteiger partial charge in [0.25, 0.3) is 11.8 Å². The summed E-state index contributed by atoms with van der Waals surface area (Å²) in [6.45, 7) is 0. The molecule has 5 heteroatoms. The van der Waals surface area contributed by atoms with Crippen LogP contribution in [0.3, 0.4) is 0 Å². The van der Waals surface area contributed by atoms with Gasteiger partial charge in [-0.05, 0) is 61.6 Å². The summed E-state index contributed by atoms with van der Waals surface area (Å²) in [5.74, 6) is -0.203. The van der Waals surface area contributed by atoms with E-state index >= 15 is 0 Å². The molecule has 0 saturated heterocycles. The summed E-state index contributed by atoms with van der Waals surface area (Å²) >= 11 is 1.62. The maximum Gasteiger partial charge on any atom is 0.265 e. The van der Waals surface area contributed by atoms with Crippen LogP contribution >= 0.6 is 11.3 Å². The predicted octanol–water partition coefficient (Wildman–Crippen LogP) is 4.02. The van der Waals surface area contributed by atoms with Gasteiger partial charge in [0.15, 0.2) is 0 Å². The molecule has 2 aromatic rings. The fraction of sp³-hybridized carbons (Fsp3) is 0.368. The van der Waals surface area contributed by atoms with Gasteiger partial charge >= 0.3 is 0 Å². The highest BCUT2D eigenvalue weighted by Crippen LogP contribution is 2.29. The van der Waals surface area contributed by atoms with Crippen molar-refractivity contribution in [1.82, 2.24) is 5.32 Å². The van der Waals surface area contributed by atoms with Crippen LogP contribution in [0.25, 0.3) is 0 Å². The van der Waals surface area contributed by atoms with Crippen LogP contribution in [0.1, 0.15) is 56.2 Å². The van der Waals surface area contributed by atoms with E-state index in [1.165, 1.54) is 36.1 Å². The number of carbonyl (C=O) groups excluding carboxylic acids is 2. The van der Waals surface area contributed by atoms with E-state index in [1.807, 2.05) is 0 Å². The number of hydrogen-bond donors (Lipinski definition) is 2. The number of nitrogens with one attached hydrogen (secondary N) is 2. The zero-order valence-corrected chi connectivity index (χ0v) is 14.7. The van der Waals surface area contributed by atoms with Crippen LogP contribution in [0.4, 0.5) is 5.69 Å².